The molecule has 0 aliphatic heterocycles. The van der Waals surface area contributed by atoms with E-state index in [2.05, 4.69) is 51.8 Å². The van der Waals surface area contributed by atoms with E-state index in [4.69, 9.17) is 0 Å². The van der Waals surface area contributed by atoms with Crippen molar-refractivity contribution in [2.75, 3.05) is 10.6 Å². The average Bonchev–Trinajstić information content (AvgIpc) is 3.00. The second-order valence-corrected chi connectivity index (χ2v) is 5.73. The summed E-state index contributed by atoms with van der Waals surface area (Å²) in [4.78, 5) is 8.84. The molecule has 1 saturated carbocycles. The maximum absolute atomic E-state index is 4.54. The van der Waals surface area contributed by atoms with E-state index in [1.165, 1.54) is 36.8 Å². The van der Waals surface area contributed by atoms with Crippen molar-refractivity contribution in [1.29, 1.82) is 0 Å². The third-order valence-electron chi connectivity index (χ3n) is 3.94. The van der Waals surface area contributed by atoms with E-state index < -0.39 is 0 Å². The Morgan fingerprint density at radius 1 is 1.10 bits per heavy atom. The molecular weight excluding hydrogens is 260 g/mol. The van der Waals surface area contributed by atoms with Crippen LogP contribution in [0.5, 0.6) is 0 Å². The van der Waals surface area contributed by atoms with Crippen LogP contribution in [-0.2, 0) is 6.54 Å². The first-order valence-electron chi connectivity index (χ1n) is 7.68. The van der Waals surface area contributed by atoms with Gasteiger partial charge in [-0.2, -0.15) is 4.98 Å². The van der Waals surface area contributed by atoms with Gasteiger partial charge in [-0.3, -0.25) is 0 Å². The molecule has 2 aromatic rings. The first kappa shape index (κ1) is 13.9. The summed E-state index contributed by atoms with van der Waals surface area (Å²) in [7, 11) is 0. The quantitative estimate of drug-likeness (QED) is 0.877. The molecule has 0 unspecified atom stereocenters. The topological polar surface area (TPSA) is 49.8 Å². The monoisotopic (exact) mass is 282 g/mol. The summed E-state index contributed by atoms with van der Waals surface area (Å²) in [5.74, 6) is 1.60. The normalized spacial score (nSPS) is 15.1. The number of nitrogens with one attached hydrogen (secondary N) is 2. The largest absolute Gasteiger partial charge is 0.366 e. The number of benzene rings is 1. The van der Waals surface area contributed by atoms with Crippen molar-refractivity contribution in [3.05, 3.63) is 47.7 Å². The molecule has 1 aromatic carbocycles. The van der Waals surface area contributed by atoms with Crippen LogP contribution in [0.25, 0.3) is 0 Å². The molecule has 2 N–H and O–H groups in total. The molecular formula is C17H22N4. The standard InChI is InChI=1S/C17H22N4/c1-13-6-8-14(9-7-13)12-19-16-10-11-18-17(21-16)20-15-4-2-3-5-15/h6-11,15H,2-5,12H2,1H3,(H2,18,19,20,21). The lowest BCUT2D eigenvalue weighted by Gasteiger charge is -2.12. The van der Waals surface area contributed by atoms with Gasteiger partial charge in [0.25, 0.3) is 0 Å². The van der Waals surface area contributed by atoms with Gasteiger partial charge < -0.3 is 10.6 Å². The molecule has 0 radical (unpaired) electrons. The Kier molecular flexibility index (Phi) is 4.34. The van der Waals surface area contributed by atoms with Crippen LogP contribution in [0.4, 0.5) is 11.8 Å². The predicted octanol–water partition coefficient (Wildman–Crippen LogP) is 3.75. The lowest BCUT2D eigenvalue weighted by Crippen LogP contribution is -2.17. The van der Waals surface area contributed by atoms with Crippen molar-refractivity contribution >= 4 is 11.8 Å². The highest BCUT2D eigenvalue weighted by Crippen LogP contribution is 2.21. The number of hydrogen-bond donors (Lipinski definition) is 2. The first-order valence-corrected chi connectivity index (χ1v) is 7.68. The van der Waals surface area contributed by atoms with Crippen LogP contribution in [0.15, 0.2) is 36.5 Å². The minimum absolute atomic E-state index is 0.539. The van der Waals surface area contributed by atoms with Gasteiger partial charge in [-0.25, -0.2) is 4.98 Å². The van der Waals surface area contributed by atoms with Crippen LogP contribution in [0, 0.1) is 6.92 Å². The molecule has 4 heteroatoms. The lowest BCUT2D eigenvalue weighted by molar-refractivity contribution is 0.744. The highest BCUT2D eigenvalue weighted by atomic mass is 15.1. The fraction of sp³-hybridized carbons (Fsp3) is 0.412. The summed E-state index contributed by atoms with van der Waals surface area (Å²) < 4.78 is 0. The fourth-order valence-corrected chi connectivity index (χ4v) is 2.68. The Morgan fingerprint density at radius 3 is 2.62 bits per heavy atom. The zero-order valence-electron chi connectivity index (χ0n) is 12.5. The summed E-state index contributed by atoms with van der Waals surface area (Å²) in [6.45, 7) is 2.88. The van der Waals surface area contributed by atoms with Gasteiger partial charge in [0.2, 0.25) is 5.95 Å². The number of hydrogen-bond acceptors (Lipinski definition) is 4. The highest BCUT2D eigenvalue weighted by Gasteiger charge is 2.15. The van der Waals surface area contributed by atoms with Crippen LogP contribution in [0.2, 0.25) is 0 Å². The molecule has 0 atom stereocenters. The number of aryl methyl sites for hydroxylation is 1. The van der Waals surface area contributed by atoms with Crippen LogP contribution in [0.1, 0.15) is 36.8 Å². The predicted molar refractivity (Wildman–Crippen MR) is 86.4 cm³/mol. The van der Waals surface area contributed by atoms with Gasteiger partial charge in [-0.05, 0) is 31.4 Å². The molecule has 1 aromatic heterocycles. The highest BCUT2D eigenvalue weighted by molar-refractivity contribution is 5.41. The van der Waals surface area contributed by atoms with E-state index >= 15 is 0 Å². The Balaban J connectivity index is 1.58. The molecule has 21 heavy (non-hydrogen) atoms. The summed E-state index contributed by atoms with van der Waals surface area (Å²) >= 11 is 0. The van der Waals surface area contributed by atoms with Crippen molar-refractivity contribution in [3.8, 4) is 0 Å². The van der Waals surface area contributed by atoms with Crippen molar-refractivity contribution in [2.24, 2.45) is 0 Å². The van der Waals surface area contributed by atoms with Gasteiger partial charge in [0.15, 0.2) is 0 Å². The molecule has 1 aliphatic rings. The van der Waals surface area contributed by atoms with Crippen molar-refractivity contribution < 1.29 is 0 Å². The summed E-state index contributed by atoms with van der Waals surface area (Å²) in [6.07, 6.45) is 6.88. The number of nitrogens with zero attached hydrogens (tertiary/aromatic N) is 2. The Bertz CT molecular complexity index is 574. The molecule has 1 aliphatic carbocycles. The van der Waals surface area contributed by atoms with Crippen molar-refractivity contribution in [2.45, 2.75) is 45.2 Å². The molecule has 110 valence electrons. The zero-order valence-corrected chi connectivity index (χ0v) is 12.5. The minimum atomic E-state index is 0.539. The lowest BCUT2D eigenvalue weighted by atomic mass is 10.1. The zero-order chi connectivity index (χ0) is 14.5. The molecule has 1 fully saturated rings. The summed E-state index contributed by atoms with van der Waals surface area (Å²) in [5, 5.41) is 6.78. The number of aromatic nitrogens is 2. The van der Waals surface area contributed by atoms with E-state index in [9.17, 15) is 0 Å². The number of rotatable bonds is 5. The van der Waals surface area contributed by atoms with Crippen LogP contribution in [0.3, 0.4) is 0 Å². The summed E-state index contributed by atoms with van der Waals surface area (Å²) in [6, 6.07) is 11.0. The molecule has 0 saturated heterocycles. The van der Waals surface area contributed by atoms with Crippen LogP contribution < -0.4 is 10.6 Å². The van der Waals surface area contributed by atoms with E-state index in [1.807, 2.05) is 12.3 Å². The van der Waals surface area contributed by atoms with E-state index in [1.54, 1.807) is 0 Å². The molecule has 0 amide bonds. The Labute approximate surface area is 126 Å². The van der Waals surface area contributed by atoms with Crippen LogP contribution in [-0.4, -0.2) is 16.0 Å². The second kappa shape index (κ2) is 6.57. The average molecular weight is 282 g/mol. The van der Waals surface area contributed by atoms with E-state index in [0.717, 1.165) is 18.3 Å². The fourth-order valence-electron chi connectivity index (χ4n) is 2.68. The maximum Gasteiger partial charge on any atom is 0.224 e. The van der Waals surface area contributed by atoms with E-state index in [0.29, 0.717) is 6.04 Å². The Hall–Kier alpha value is -2.10. The summed E-state index contributed by atoms with van der Waals surface area (Å²) in [5.41, 5.74) is 2.54. The van der Waals surface area contributed by atoms with E-state index in [-0.39, 0.29) is 0 Å². The second-order valence-electron chi connectivity index (χ2n) is 5.73. The van der Waals surface area contributed by atoms with Gasteiger partial charge in [-0.1, -0.05) is 42.7 Å². The maximum atomic E-state index is 4.54. The minimum Gasteiger partial charge on any atom is -0.366 e. The van der Waals surface area contributed by atoms with Gasteiger partial charge >= 0.3 is 0 Å². The third kappa shape index (κ3) is 3.94. The van der Waals surface area contributed by atoms with Gasteiger partial charge in [0.05, 0.1) is 0 Å². The van der Waals surface area contributed by atoms with Gasteiger partial charge in [0, 0.05) is 18.8 Å². The SMILES string of the molecule is Cc1ccc(CNc2ccnc(NC3CCCC3)n2)cc1. The number of anilines is 2. The van der Waals surface area contributed by atoms with Crippen molar-refractivity contribution in [3.63, 3.8) is 0 Å². The molecule has 3 rings (SSSR count). The molecule has 0 bridgehead atoms. The molecule has 0 spiro atoms. The van der Waals surface area contributed by atoms with Gasteiger partial charge in [0.1, 0.15) is 5.82 Å². The first-order chi connectivity index (χ1) is 10.3. The van der Waals surface area contributed by atoms with Gasteiger partial charge in [-0.15, -0.1) is 0 Å². The Morgan fingerprint density at radius 2 is 1.86 bits per heavy atom. The van der Waals surface area contributed by atoms with Crippen LogP contribution >= 0.6 is 0 Å². The smallest absolute Gasteiger partial charge is 0.224 e. The molecule has 4 nitrogen and oxygen atoms in total. The molecule has 1 heterocycles. The van der Waals surface area contributed by atoms with Crippen molar-refractivity contribution in [1.82, 2.24) is 9.97 Å². The third-order valence-corrected chi connectivity index (χ3v) is 3.94.